The quantitative estimate of drug-likeness (QED) is 0.644. The predicted molar refractivity (Wildman–Crippen MR) is 112 cm³/mol. The molecule has 2 aliphatic rings. The monoisotopic (exact) mass is 465 g/mol. The van der Waals surface area contributed by atoms with E-state index in [1.165, 1.54) is 26.4 Å². The molecule has 10 nitrogen and oxygen atoms in total. The number of carbonyl (C=O) groups is 3. The Labute approximate surface area is 182 Å². The number of benzene rings is 1. The van der Waals surface area contributed by atoms with Gasteiger partial charge in [0.1, 0.15) is 5.00 Å². The molecule has 0 bridgehead atoms. The lowest BCUT2D eigenvalue weighted by molar-refractivity contribution is -0.114. The molecule has 0 spiro atoms. The molecule has 4 rings (SSSR count). The Morgan fingerprint density at radius 3 is 2.61 bits per heavy atom. The summed E-state index contributed by atoms with van der Waals surface area (Å²) in [4.78, 5) is 38.8. The van der Waals surface area contributed by atoms with Crippen LogP contribution in [0.4, 0.5) is 5.00 Å². The molecule has 0 saturated carbocycles. The summed E-state index contributed by atoms with van der Waals surface area (Å²) < 4.78 is 37.1. The molecule has 0 aliphatic carbocycles. The largest absolute Gasteiger partial charge is 0.454 e. The third-order valence-corrected chi connectivity index (χ3v) is 7.73. The summed E-state index contributed by atoms with van der Waals surface area (Å²) in [5.41, 5.74) is 0.608. The lowest BCUT2D eigenvalue weighted by Crippen LogP contribution is -2.40. The molecule has 0 radical (unpaired) electrons. The molecular weight excluding hydrogens is 446 g/mol. The number of nitrogens with zero attached hydrogens (tertiary/aromatic N) is 2. The van der Waals surface area contributed by atoms with Crippen molar-refractivity contribution >= 4 is 44.1 Å². The summed E-state index contributed by atoms with van der Waals surface area (Å²) in [6, 6.07) is 3.67. The van der Waals surface area contributed by atoms with Gasteiger partial charge in [-0.05, 0) is 17.7 Å². The first-order valence-electron chi connectivity index (χ1n) is 9.17. The van der Waals surface area contributed by atoms with Crippen molar-refractivity contribution in [3.05, 3.63) is 40.3 Å². The van der Waals surface area contributed by atoms with Crippen molar-refractivity contribution in [1.82, 2.24) is 9.21 Å². The van der Waals surface area contributed by atoms with Crippen molar-refractivity contribution in [3.63, 3.8) is 0 Å². The van der Waals surface area contributed by atoms with E-state index in [0.717, 1.165) is 20.5 Å². The molecule has 1 atom stereocenters. The molecule has 1 aromatic carbocycles. The molecule has 2 aromatic rings. The predicted octanol–water partition coefficient (Wildman–Crippen LogP) is 1.66. The second kappa shape index (κ2) is 7.62. The highest BCUT2D eigenvalue weighted by molar-refractivity contribution is 7.89. The number of nitrogens with one attached hydrogen (secondary N) is 1. The van der Waals surface area contributed by atoms with E-state index in [1.54, 1.807) is 18.2 Å². The minimum atomic E-state index is -3.80. The highest BCUT2D eigenvalue weighted by Crippen LogP contribution is 2.41. The van der Waals surface area contributed by atoms with Crippen LogP contribution in [0.2, 0.25) is 0 Å². The van der Waals surface area contributed by atoms with Crippen LogP contribution in [-0.2, 0) is 14.8 Å². The number of carbonyl (C=O) groups excluding carboxylic acids is 3. The summed E-state index contributed by atoms with van der Waals surface area (Å²) >= 11 is 1.07. The van der Waals surface area contributed by atoms with Crippen LogP contribution in [0, 0.1) is 0 Å². The highest BCUT2D eigenvalue weighted by atomic mass is 32.2. The zero-order valence-electron chi connectivity index (χ0n) is 16.9. The van der Waals surface area contributed by atoms with Crippen LogP contribution in [0.1, 0.15) is 39.2 Å². The third-order valence-electron chi connectivity index (χ3n) is 4.98. The molecule has 3 heterocycles. The maximum atomic E-state index is 13.3. The second-order valence-corrected chi connectivity index (χ2v) is 10.3. The van der Waals surface area contributed by atoms with Crippen LogP contribution in [0.15, 0.2) is 23.6 Å². The summed E-state index contributed by atoms with van der Waals surface area (Å²) in [5, 5.41) is 4.29. The summed E-state index contributed by atoms with van der Waals surface area (Å²) in [6.45, 7) is 1.32. The molecule has 1 aromatic heterocycles. The molecule has 0 fully saturated rings. The van der Waals surface area contributed by atoms with Crippen LogP contribution < -0.4 is 14.8 Å². The van der Waals surface area contributed by atoms with E-state index >= 15 is 0 Å². The average Bonchev–Trinajstić information content (AvgIpc) is 3.37. The Morgan fingerprint density at radius 2 is 1.94 bits per heavy atom. The van der Waals surface area contributed by atoms with Gasteiger partial charge in [0, 0.05) is 26.4 Å². The SMILES string of the molecule is CC(=O)Nc1scc2c1C(=O)N([C@@H](CS(=O)(=O)N(C)C)c1ccc3c(c1)OCO3)C2=O. The zero-order valence-corrected chi connectivity index (χ0v) is 18.5. The topological polar surface area (TPSA) is 122 Å². The number of fused-ring (bicyclic) bond motifs is 2. The van der Waals surface area contributed by atoms with Crippen molar-refractivity contribution < 1.29 is 32.3 Å². The molecule has 3 amide bonds. The first-order chi connectivity index (χ1) is 14.6. The number of thiophene rings is 1. The van der Waals surface area contributed by atoms with Crippen molar-refractivity contribution in [1.29, 1.82) is 0 Å². The Morgan fingerprint density at radius 1 is 1.23 bits per heavy atom. The van der Waals surface area contributed by atoms with Crippen molar-refractivity contribution in [2.45, 2.75) is 13.0 Å². The number of anilines is 1. The van der Waals surface area contributed by atoms with Gasteiger partial charge in [-0.15, -0.1) is 11.3 Å². The van der Waals surface area contributed by atoms with Crippen molar-refractivity contribution in [2.24, 2.45) is 0 Å². The van der Waals surface area contributed by atoms with Gasteiger partial charge in [-0.2, -0.15) is 0 Å². The van der Waals surface area contributed by atoms with Gasteiger partial charge in [-0.1, -0.05) is 6.07 Å². The van der Waals surface area contributed by atoms with E-state index in [0.29, 0.717) is 17.1 Å². The molecule has 2 aliphatic heterocycles. The number of hydrogen-bond acceptors (Lipinski definition) is 8. The van der Waals surface area contributed by atoms with Gasteiger partial charge in [-0.25, -0.2) is 12.7 Å². The second-order valence-electron chi connectivity index (χ2n) is 7.20. The highest BCUT2D eigenvalue weighted by Gasteiger charge is 2.45. The van der Waals surface area contributed by atoms with Gasteiger partial charge >= 0.3 is 0 Å². The van der Waals surface area contributed by atoms with E-state index in [9.17, 15) is 22.8 Å². The fraction of sp³-hybridized carbons (Fsp3) is 0.316. The van der Waals surface area contributed by atoms with Gasteiger partial charge in [-0.3, -0.25) is 19.3 Å². The number of hydrogen-bond donors (Lipinski definition) is 1. The van der Waals surface area contributed by atoms with Crippen LogP contribution in [0.3, 0.4) is 0 Å². The van der Waals surface area contributed by atoms with E-state index < -0.39 is 33.6 Å². The fourth-order valence-corrected chi connectivity index (χ4v) is 5.40. The van der Waals surface area contributed by atoms with E-state index in [2.05, 4.69) is 5.32 Å². The van der Waals surface area contributed by atoms with Crippen molar-refractivity contribution in [3.8, 4) is 11.5 Å². The minimum Gasteiger partial charge on any atom is -0.454 e. The first kappa shape index (κ1) is 21.3. The fourth-order valence-electron chi connectivity index (χ4n) is 3.39. The van der Waals surface area contributed by atoms with E-state index in [4.69, 9.17) is 9.47 Å². The number of imide groups is 1. The van der Waals surface area contributed by atoms with Crippen LogP contribution in [-0.4, -0.2) is 62.0 Å². The Balaban J connectivity index is 1.78. The lowest BCUT2D eigenvalue weighted by atomic mass is 10.1. The van der Waals surface area contributed by atoms with Crippen molar-refractivity contribution in [2.75, 3.05) is 32.0 Å². The number of rotatable bonds is 6. The molecule has 0 unspecified atom stereocenters. The van der Waals surface area contributed by atoms with Gasteiger partial charge in [0.25, 0.3) is 11.8 Å². The van der Waals surface area contributed by atoms with Crippen LogP contribution >= 0.6 is 11.3 Å². The summed E-state index contributed by atoms with van der Waals surface area (Å²) in [5.74, 6) is -1.29. The molecule has 31 heavy (non-hydrogen) atoms. The first-order valence-corrected chi connectivity index (χ1v) is 11.7. The Bertz CT molecular complexity index is 1200. The van der Waals surface area contributed by atoms with Gasteiger partial charge in [0.2, 0.25) is 22.7 Å². The van der Waals surface area contributed by atoms with Crippen LogP contribution in [0.5, 0.6) is 11.5 Å². The maximum absolute atomic E-state index is 13.3. The Hall–Kier alpha value is -2.96. The molecule has 0 saturated heterocycles. The molecule has 1 N–H and O–H groups in total. The lowest BCUT2D eigenvalue weighted by Gasteiger charge is -2.28. The third kappa shape index (κ3) is 3.66. The Kier molecular flexibility index (Phi) is 5.23. The standard InChI is InChI=1S/C19H19N3O7S2/c1-10(23)20-17-16-12(7-30-17)18(24)22(19(16)25)13(8-31(26,27)21(2)3)11-4-5-14-15(6-11)29-9-28-14/h4-7,13H,8-9H2,1-3H3,(H,20,23)/t13-/m0/s1. The minimum absolute atomic E-state index is 0.0259. The molecular formula is C19H19N3O7S2. The van der Waals surface area contributed by atoms with E-state index in [1.807, 2.05) is 0 Å². The molecule has 12 heteroatoms. The number of amides is 3. The normalized spacial score (nSPS) is 16.1. The average molecular weight is 466 g/mol. The van der Waals surface area contributed by atoms with Gasteiger partial charge < -0.3 is 14.8 Å². The van der Waals surface area contributed by atoms with E-state index in [-0.39, 0.29) is 28.8 Å². The summed E-state index contributed by atoms with van der Waals surface area (Å²) in [6.07, 6.45) is 0. The van der Waals surface area contributed by atoms with Gasteiger partial charge in [0.05, 0.1) is 22.9 Å². The number of ether oxygens (including phenoxy) is 2. The number of sulfonamides is 1. The smallest absolute Gasteiger partial charge is 0.265 e. The zero-order chi connectivity index (χ0) is 22.5. The maximum Gasteiger partial charge on any atom is 0.265 e. The summed E-state index contributed by atoms with van der Waals surface area (Å²) in [7, 11) is -1.04. The molecule has 164 valence electrons. The van der Waals surface area contributed by atoms with Gasteiger partial charge in [0.15, 0.2) is 11.5 Å². The van der Waals surface area contributed by atoms with Crippen LogP contribution in [0.25, 0.3) is 0 Å².